The molecule has 6 nitrogen and oxygen atoms in total. The van der Waals surface area contributed by atoms with Crippen LogP contribution in [0.25, 0.3) is 21.3 Å². The van der Waals surface area contributed by atoms with Gasteiger partial charge in [-0.05, 0) is 85.3 Å². The van der Waals surface area contributed by atoms with Crippen LogP contribution in [0.3, 0.4) is 0 Å². The summed E-state index contributed by atoms with van der Waals surface area (Å²) in [4.78, 5) is 31.3. The highest BCUT2D eigenvalue weighted by Crippen LogP contribution is 2.43. The highest BCUT2D eigenvalue weighted by atomic mass is 35.5. The van der Waals surface area contributed by atoms with Crippen LogP contribution in [0, 0.1) is 0 Å². The van der Waals surface area contributed by atoms with Gasteiger partial charge in [0, 0.05) is 29.1 Å². The van der Waals surface area contributed by atoms with Crippen molar-refractivity contribution < 1.29 is 9.59 Å². The summed E-state index contributed by atoms with van der Waals surface area (Å²) < 4.78 is 1.24. The first-order chi connectivity index (χ1) is 21.5. The summed E-state index contributed by atoms with van der Waals surface area (Å²) in [7, 11) is 0. The van der Waals surface area contributed by atoms with Crippen molar-refractivity contribution >= 4 is 45.0 Å². The Bertz CT molecular complexity index is 1690. The van der Waals surface area contributed by atoms with Crippen molar-refractivity contribution in [2.24, 2.45) is 0 Å². The molecule has 1 heterocycles. The van der Waals surface area contributed by atoms with E-state index in [2.05, 4.69) is 34.1 Å². The summed E-state index contributed by atoms with van der Waals surface area (Å²) in [5.41, 5.74) is 4.62. The lowest BCUT2D eigenvalue weighted by atomic mass is 10.0. The molecular formula is C36H35ClN4O2S. The Kier molecular flexibility index (Phi) is 9.66. The third kappa shape index (κ3) is 7.72. The number of carbonyl (C=O) groups is 2. The molecule has 1 fully saturated rings. The third-order valence-electron chi connectivity index (χ3n) is 7.98. The molecule has 224 valence electrons. The number of hydrogen-bond acceptors (Lipinski definition) is 5. The van der Waals surface area contributed by atoms with Crippen molar-refractivity contribution in [1.82, 2.24) is 20.9 Å². The number of nitrogens with one attached hydrogen (secondary N) is 3. The first-order valence-electron chi connectivity index (χ1n) is 15.1. The molecule has 0 aliphatic heterocycles. The molecule has 0 bridgehead atoms. The second-order valence-electron chi connectivity index (χ2n) is 11.2. The Hall–Kier alpha value is -4.04. The molecule has 5 aromatic rings. The standard InChI is InChI=1S/C36H35ClN4O2S/c37-28-12-8-9-24(21-28)23-39-35(43)31(40-34(42)27-18-16-26(17-19-27)25-10-2-1-3-11-25)14-6-7-20-38-32-22-29(32)36-41-30-13-4-5-15-33(30)44-36/h1-5,8-13,15-19,21,29,31-32,38H,6-7,14,20,22-23H2,(H,39,43)(H,40,42)/t29-,31?,32-/m1/s1. The molecule has 0 radical (unpaired) electrons. The van der Waals surface area contributed by atoms with Crippen LogP contribution in [0.1, 0.15) is 52.5 Å². The fraction of sp³-hybridized carbons (Fsp3) is 0.250. The van der Waals surface area contributed by atoms with E-state index in [0.29, 0.717) is 35.5 Å². The predicted molar refractivity (Wildman–Crippen MR) is 179 cm³/mol. The number of hydrogen-bond donors (Lipinski definition) is 3. The van der Waals surface area contributed by atoms with Gasteiger partial charge >= 0.3 is 0 Å². The molecule has 0 saturated heterocycles. The van der Waals surface area contributed by atoms with Gasteiger partial charge in [-0.3, -0.25) is 9.59 Å². The lowest BCUT2D eigenvalue weighted by molar-refractivity contribution is -0.123. The minimum Gasteiger partial charge on any atom is -0.350 e. The van der Waals surface area contributed by atoms with E-state index in [4.69, 9.17) is 16.6 Å². The lowest BCUT2D eigenvalue weighted by Gasteiger charge is -2.19. The van der Waals surface area contributed by atoms with Crippen LogP contribution >= 0.6 is 22.9 Å². The maximum atomic E-state index is 13.3. The van der Waals surface area contributed by atoms with Crippen LogP contribution in [-0.2, 0) is 11.3 Å². The van der Waals surface area contributed by atoms with Gasteiger partial charge in [-0.15, -0.1) is 11.3 Å². The SMILES string of the molecule is O=C(NC(CCCCN[C@@H]1C[C@H]1c1nc2ccccc2s1)C(=O)NCc1cccc(Cl)c1)c1ccc(-c2ccccc2)cc1. The number of benzene rings is 4. The molecule has 44 heavy (non-hydrogen) atoms. The van der Waals surface area contributed by atoms with Gasteiger partial charge in [-0.1, -0.05) is 78.3 Å². The average molecular weight is 623 g/mol. The smallest absolute Gasteiger partial charge is 0.251 e. The van der Waals surface area contributed by atoms with Crippen LogP contribution < -0.4 is 16.0 Å². The predicted octanol–water partition coefficient (Wildman–Crippen LogP) is 7.35. The van der Waals surface area contributed by atoms with Crippen molar-refractivity contribution in [3.63, 3.8) is 0 Å². The van der Waals surface area contributed by atoms with Gasteiger partial charge in [-0.2, -0.15) is 0 Å². The Morgan fingerprint density at radius 3 is 2.45 bits per heavy atom. The van der Waals surface area contributed by atoms with Crippen molar-refractivity contribution in [3.8, 4) is 11.1 Å². The van der Waals surface area contributed by atoms with E-state index < -0.39 is 6.04 Å². The molecule has 1 aromatic heterocycles. The van der Waals surface area contributed by atoms with Crippen LogP contribution in [0.5, 0.6) is 0 Å². The van der Waals surface area contributed by atoms with Gasteiger partial charge in [0.2, 0.25) is 5.91 Å². The van der Waals surface area contributed by atoms with Crippen molar-refractivity contribution in [3.05, 3.63) is 124 Å². The number of halogens is 1. The summed E-state index contributed by atoms with van der Waals surface area (Å²) in [6, 6.07) is 33.0. The Balaban J connectivity index is 1.02. The van der Waals surface area contributed by atoms with Gasteiger partial charge < -0.3 is 16.0 Å². The minimum atomic E-state index is -0.646. The Labute approximate surface area is 266 Å². The molecule has 0 spiro atoms. The summed E-state index contributed by atoms with van der Waals surface area (Å²) in [6.45, 7) is 1.20. The molecule has 1 unspecified atom stereocenters. The quantitative estimate of drug-likeness (QED) is 0.120. The molecule has 6 rings (SSSR count). The van der Waals surface area contributed by atoms with Gasteiger partial charge in [0.05, 0.1) is 15.2 Å². The van der Waals surface area contributed by atoms with Crippen LogP contribution in [0.4, 0.5) is 0 Å². The third-order valence-corrected chi connectivity index (χ3v) is 9.38. The van der Waals surface area contributed by atoms with E-state index >= 15 is 0 Å². The van der Waals surface area contributed by atoms with Crippen LogP contribution in [-0.4, -0.2) is 35.4 Å². The second kappa shape index (κ2) is 14.2. The molecule has 1 aliphatic carbocycles. The van der Waals surface area contributed by atoms with E-state index in [1.54, 1.807) is 29.5 Å². The first kappa shape index (κ1) is 30.0. The van der Waals surface area contributed by atoms with Crippen molar-refractivity contribution in [2.45, 2.75) is 50.2 Å². The number of fused-ring (bicyclic) bond motifs is 1. The number of nitrogens with zero attached hydrogens (tertiary/aromatic N) is 1. The van der Waals surface area contributed by atoms with Gasteiger partial charge in [-0.25, -0.2) is 4.98 Å². The summed E-state index contributed by atoms with van der Waals surface area (Å²) in [5.74, 6) is 0.0116. The molecule has 2 amide bonds. The van der Waals surface area contributed by atoms with Gasteiger partial charge in [0.1, 0.15) is 6.04 Å². The number of rotatable bonds is 13. The number of carbonyl (C=O) groups excluding carboxylic acids is 2. The number of amides is 2. The average Bonchev–Trinajstić information content (AvgIpc) is 3.70. The van der Waals surface area contributed by atoms with E-state index in [0.717, 1.165) is 48.0 Å². The molecule has 1 aliphatic rings. The topological polar surface area (TPSA) is 83.1 Å². The second-order valence-corrected chi connectivity index (χ2v) is 12.7. The zero-order valence-electron chi connectivity index (χ0n) is 24.3. The van der Waals surface area contributed by atoms with Gasteiger partial charge in [0.15, 0.2) is 0 Å². The molecule has 8 heteroatoms. The van der Waals surface area contributed by atoms with Gasteiger partial charge in [0.25, 0.3) is 5.91 Å². The number of aromatic nitrogens is 1. The first-order valence-corrected chi connectivity index (χ1v) is 16.3. The van der Waals surface area contributed by atoms with E-state index in [1.807, 2.05) is 66.7 Å². The summed E-state index contributed by atoms with van der Waals surface area (Å²) >= 11 is 7.90. The minimum absolute atomic E-state index is 0.203. The number of para-hydroxylation sites is 1. The monoisotopic (exact) mass is 622 g/mol. The lowest BCUT2D eigenvalue weighted by Crippen LogP contribution is -2.46. The molecular weight excluding hydrogens is 588 g/mol. The molecule has 3 N–H and O–H groups in total. The van der Waals surface area contributed by atoms with E-state index in [9.17, 15) is 9.59 Å². The summed E-state index contributed by atoms with van der Waals surface area (Å²) in [5, 5.41) is 11.5. The molecule has 1 saturated carbocycles. The maximum Gasteiger partial charge on any atom is 0.251 e. The normalized spacial score (nSPS) is 16.4. The number of unbranched alkanes of at least 4 members (excludes halogenated alkanes) is 1. The molecule has 4 aromatic carbocycles. The maximum absolute atomic E-state index is 13.3. The fourth-order valence-corrected chi connectivity index (χ4v) is 6.78. The zero-order chi connectivity index (χ0) is 30.3. The van der Waals surface area contributed by atoms with Crippen LogP contribution in [0.2, 0.25) is 5.02 Å². The van der Waals surface area contributed by atoms with E-state index in [1.165, 1.54) is 9.71 Å². The number of thiazole rings is 1. The highest BCUT2D eigenvalue weighted by molar-refractivity contribution is 7.18. The Morgan fingerprint density at radius 2 is 1.66 bits per heavy atom. The highest BCUT2D eigenvalue weighted by Gasteiger charge is 2.40. The van der Waals surface area contributed by atoms with Crippen LogP contribution in [0.15, 0.2) is 103 Å². The van der Waals surface area contributed by atoms with Crippen molar-refractivity contribution in [1.29, 1.82) is 0 Å². The largest absolute Gasteiger partial charge is 0.350 e. The molecule has 3 atom stereocenters. The zero-order valence-corrected chi connectivity index (χ0v) is 25.9. The summed E-state index contributed by atoms with van der Waals surface area (Å²) in [6.07, 6.45) is 3.35. The fourth-order valence-electron chi connectivity index (χ4n) is 5.42. The Morgan fingerprint density at radius 1 is 0.886 bits per heavy atom. The van der Waals surface area contributed by atoms with E-state index in [-0.39, 0.29) is 11.8 Å². The van der Waals surface area contributed by atoms with Crippen molar-refractivity contribution in [2.75, 3.05) is 6.54 Å².